The monoisotopic (exact) mass is 425 g/mol. The molecule has 2 amide bonds. The maximum Gasteiger partial charge on any atom is 0.308 e. The topological polar surface area (TPSA) is 87.7 Å². The molecule has 1 aromatic carbocycles. The average molecular weight is 426 g/mol. The Kier molecular flexibility index (Phi) is 7.90. The number of piperazine rings is 1. The first-order valence-corrected chi connectivity index (χ1v) is 9.53. The minimum Gasteiger partial charge on any atom is -0.466 e. The quantitative estimate of drug-likeness (QED) is 0.490. The third-order valence-electron chi connectivity index (χ3n) is 4.08. The first kappa shape index (κ1) is 20.2. The van der Waals surface area contributed by atoms with Gasteiger partial charge in [-0.3, -0.25) is 14.4 Å². The van der Waals surface area contributed by atoms with Crippen LogP contribution in [0.3, 0.4) is 0 Å². The van der Waals surface area contributed by atoms with Gasteiger partial charge in [0.15, 0.2) is 0 Å². The molecule has 0 saturated carbocycles. The van der Waals surface area contributed by atoms with E-state index in [0.717, 1.165) is 23.0 Å². The molecule has 0 radical (unpaired) electrons. The largest absolute Gasteiger partial charge is 0.466 e. The molecule has 1 fully saturated rings. The Morgan fingerprint density at radius 2 is 2.15 bits per heavy atom. The van der Waals surface area contributed by atoms with E-state index in [1.807, 2.05) is 31.2 Å². The molecule has 2 rings (SSSR count). The number of amides is 2. The number of esters is 1. The number of ether oxygens (including phenoxy) is 1. The van der Waals surface area contributed by atoms with Crippen LogP contribution in [0.2, 0.25) is 0 Å². The number of hydrogen-bond donors (Lipinski definition) is 2. The second kappa shape index (κ2) is 10.2. The summed E-state index contributed by atoms with van der Waals surface area (Å²) in [4.78, 5) is 38.2. The first-order chi connectivity index (χ1) is 12.5. The van der Waals surface area contributed by atoms with Crippen LogP contribution in [0.1, 0.15) is 26.2 Å². The van der Waals surface area contributed by atoms with E-state index >= 15 is 0 Å². The van der Waals surface area contributed by atoms with Crippen LogP contribution < -0.4 is 10.6 Å². The Labute approximate surface area is 161 Å². The summed E-state index contributed by atoms with van der Waals surface area (Å²) in [5.41, 5.74) is 0.790. The van der Waals surface area contributed by atoms with Crippen molar-refractivity contribution in [3.63, 3.8) is 0 Å². The van der Waals surface area contributed by atoms with Gasteiger partial charge >= 0.3 is 5.97 Å². The Bertz CT molecular complexity index is 653. The number of halogens is 1. The maximum atomic E-state index is 12.6. The summed E-state index contributed by atoms with van der Waals surface area (Å²) in [6.45, 7) is 3.12. The van der Waals surface area contributed by atoms with E-state index in [4.69, 9.17) is 4.74 Å². The molecule has 0 aliphatic carbocycles. The van der Waals surface area contributed by atoms with Gasteiger partial charge in [-0.05, 0) is 34.5 Å². The molecule has 142 valence electrons. The second-order valence-electron chi connectivity index (χ2n) is 6.01. The van der Waals surface area contributed by atoms with E-state index in [2.05, 4.69) is 26.6 Å². The van der Waals surface area contributed by atoms with E-state index in [0.29, 0.717) is 19.7 Å². The van der Waals surface area contributed by atoms with Crippen molar-refractivity contribution in [3.05, 3.63) is 28.7 Å². The number of hydrogen-bond acceptors (Lipinski definition) is 5. The fourth-order valence-electron chi connectivity index (χ4n) is 2.64. The van der Waals surface area contributed by atoms with Gasteiger partial charge in [0.05, 0.1) is 19.6 Å². The van der Waals surface area contributed by atoms with E-state index in [9.17, 15) is 14.4 Å². The molecular weight excluding hydrogens is 402 g/mol. The number of carbonyl (C=O) groups is 3. The van der Waals surface area contributed by atoms with E-state index in [1.54, 1.807) is 0 Å². The number of para-hydroxylation sites is 1. The normalized spacial score (nSPS) is 16.8. The molecule has 0 bridgehead atoms. The lowest BCUT2D eigenvalue weighted by molar-refractivity contribution is -0.151. The van der Waals surface area contributed by atoms with Crippen LogP contribution in [0.5, 0.6) is 0 Å². The first-order valence-electron chi connectivity index (χ1n) is 8.74. The zero-order valence-corrected chi connectivity index (χ0v) is 16.4. The van der Waals surface area contributed by atoms with Gasteiger partial charge in [-0.2, -0.15) is 0 Å². The fraction of sp³-hybridized carbons (Fsp3) is 0.500. The molecule has 1 heterocycles. The zero-order valence-electron chi connectivity index (χ0n) is 14.8. The fourth-order valence-corrected chi connectivity index (χ4v) is 3.07. The lowest BCUT2D eigenvalue weighted by atomic mass is 10.1. The smallest absolute Gasteiger partial charge is 0.308 e. The number of rotatable bonds is 8. The van der Waals surface area contributed by atoms with Crippen LogP contribution in [0.4, 0.5) is 5.69 Å². The molecule has 1 saturated heterocycles. The van der Waals surface area contributed by atoms with Crippen molar-refractivity contribution in [2.45, 2.75) is 32.2 Å². The molecule has 0 aromatic heterocycles. The van der Waals surface area contributed by atoms with Crippen molar-refractivity contribution in [1.82, 2.24) is 10.2 Å². The van der Waals surface area contributed by atoms with Crippen molar-refractivity contribution in [3.8, 4) is 0 Å². The minimum absolute atomic E-state index is 0.0390. The Morgan fingerprint density at radius 3 is 2.88 bits per heavy atom. The van der Waals surface area contributed by atoms with Crippen LogP contribution in [0, 0.1) is 0 Å². The molecule has 8 heteroatoms. The van der Waals surface area contributed by atoms with Crippen molar-refractivity contribution in [2.75, 3.05) is 31.6 Å². The summed E-state index contributed by atoms with van der Waals surface area (Å²) < 4.78 is 5.98. The van der Waals surface area contributed by atoms with Crippen molar-refractivity contribution in [2.24, 2.45) is 0 Å². The highest BCUT2D eigenvalue weighted by atomic mass is 79.9. The molecule has 1 aliphatic heterocycles. The average Bonchev–Trinajstić information content (AvgIpc) is 2.62. The van der Waals surface area contributed by atoms with Crippen molar-refractivity contribution in [1.29, 1.82) is 0 Å². The number of nitrogens with zero attached hydrogens (tertiary/aromatic N) is 1. The van der Waals surface area contributed by atoms with E-state index in [1.165, 1.54) is 4.90 Å². The second-order valence-corrected chi connectivity index (χ2v) is 6.86. The van der Waals surface area contributed by atoms with Gasteiger partial charge in [0.1, 0.15) is 6.04 Å². The Morgan fingerprint density at radius 1 is 1.38 bits per heavy atom. The van der Waals surface area contributed by atoms with Gasteiger partial charge in [0, 0.05) is 23.2 Å². The minimum atomic E-state index is -0.827. The van der Waals surface area contributed by atoms with Crippen LogP contribution in [0.25, 0.3) is 0 Å². The standard InChI is InChI=1S/C18H24BrN3O4/c1-2-3-10-26-17(24)11-15-18(25)20-8-9-22(15)16(23)12-21-14-7-5-4-6-13(14)19/h4-7,15,21H,2-3,8-12H2,1H3,(H,20,25). The number of unbranched alkanes of at least 4 members (excludes halogenated alkanes) is 1. The highest BCUT2D eigenvalue weighted by Crippen LogP contribution is 2.21. The SMILES string of the molecule is CCCCOC(=O)CC1C(=O)NCCN1C(=O)CNc1ccccc1Br. The maximum absolute atomic E-state index is 12.6. The van der Waals surface area contributed by atoms with Gasteiger partial charge in [-0.15, -0.1) is 0 Å². The highest BCUT2D eigenvalue weighted by Gasteiger charge is 2.34. The summed E-state index contributed by atoms with van der Waals surface area (Å²) in [7, 11) is 0. The highest BCUT2D eigenvalue weighted by molar-refractivity contribution is 9.10. The predicted octanol–water partition coefficient (Wildman–Crippen LogP) is 1.92. The van der Waals surface area contributed by atoms with E-state index < -0.39 is 12.0 Å². The number of anilines is 1. The van der Waals surface area contributed by atoms with Crippen LogP contribution in [-0.2, 0) is 19.1 Å². The molecule has 1 aliphatic rings. The van der Waals surface area contributed by atoms with Gasteiger partial charge in [-0.1, -0.05) is 25.5 Å². The summed E-state index contributed by atoms with van der Waals surface area (Å²) in [6, 6.07) is 6.64. The molecule has 1 atom stereocenters. The molecular formula is C18H24BrN3O4. The molecule has 2 N–H and O–H groups in total. The summed E-state index contributed by atoms with van der Waals surface area (Å²) in [6.07, 6.45) is 1.57. The van der Waals surface area contributed by atoms with E-state index in [-0.39, 0.29) is 24.8 Å². The van der Waals surface area contributed by atoms with Crippen molar-refractivity contribution < 1.29 is 19.1 Å². The number of carbonyl (C=O) groups excluding carboxylic acids is 3. The summed E-state index contributed by atoms with van der Waals surface area (Å²) in [5, 5.41) is 5.76. The summed E-state index contributed by atoms with van der Waals surface area (Å²) >= 11 is 3.41. The van der Waals surface area contributed by atoms with Gasteiger partial charge in [0.25, 0.3) is 0 Å². The lowest BCUT2D eigenvalue weighted by Gasteiger charge is -2.34. The molecule has 0 spiro atoms. The molecule has 7 nitrogen and oxygen atoms in total. The lowest BCUT2D eigenvalue weighted by Crippen LogP contribution is -2.58. The van der Waals surface area contributed by atoms with Crippen molar-refractivity contribution >= 4 is 39.4 Å². The Hall–Kier alpha value is -2.09. The molecule has 1 aromatic rings. The zero-order chi connectivity index (χ0) is 18.9. The van der Waals surface area contributed by atoms with Gasteiger partial charge in [-0.25, -0.2) is 0 Å². The molecule has 26 heavy (non-hydrogen) atoms. The van der Waals surface area contributed by atoms with Gasteiger partial charge in [0.2, 0.25) is 11.8 Å². The van der Waals surface area contributed by atoms with Crippen LogP contribution in [0.15, 0.2) is 28.7 Å². The number of benzene rings is 1. The van der Waals surface area contributed by atoms with Gasteiger partial charge < -0.3 is 20.3 Å². The molecule has 1 unspecified atom stereocenters. The third-order valence-corrected chi connectivity index (χ3v) is 4.77. The predicted molar refractivity (Wildman–Crippen MR) is 102 cm³/mol. The Balaban J connectivity index is 1.95. The summed E-state index contributed by atoms with van der Waals surface area (Å²) in [5.74, 6) is -1.02. The number of nitrogens with one attached hydrogen (secondary N) is 2. The van der Waals surface area contributed by atoms with Crippen LogP contribution in [-0.4, -0.2) is 55.0 Å². The van der Waals surface area contributed by atoms with Crippen LogP contribution >= 0.6 is 15.9 Å². The third kappa shape index (κ3) is 5.72.